The second-order valence-corrected chi connectivity index (χ2v) is 8.01. The summed E-state index contributed by atoms with van der Waals surface area (Å²) in [5.41, 5.74) is 0. The second-order valence-electron chi connectivity index (χ2n) is 8.01. The van der Waals surface area contributed by atoms with Gasteiger partial charge < -0.3 is 19.9 Å². The average Bonchev–Trinajstić information content (AvgIpc) is 2.71. The maximum Gasteiger partial charge on any atom is 0.193 e. The van der Waals surface area contributed by atoms with Gasteiger partial charge >= 0.3 is 0 Å². The first kappa shape index (κ1) is 23.3. The van der Waals surface area contributed by atoms with E-state index in [1.165, 1.54) is 38.9 Å². The molecule has 1 aromatic rings. The van der Waals surface area contributed by atoms with Gasteiger partial charge in [-0.2, -0.15) is 0 Å². The lowest BCUT2D eigenvalue weighted by atomic mass is 10.1. The summed E-state index contributed by atoms with van der Waals surface area (Å²) in [6.07, 6.45) is 6.51. The fraction of sp³-hybridized carbons (Fsp3) is 0.682. The number of nitrogens with one attached hydrogen (secondary N) is 1. The fourth-order valence-corrected chi connectivity index (χ4v) is 4.12. The van der Waals surface area contributed by atoms with Gasteiger partial charge in [0.25, 0.3) is 0 Å². The largest absolute Gasteiger partial charge is 0.490 e. The first-order valence-electron chi connectivity index (χ1n) is 10.6. The van der Waals surface area contributed by atoms with Crippen LogP contribution in [0, 0.1) is 5.92 Å². The summed E-state index contributed by atoms with van der Waals surface area (Å²) in [6, 6.07) is 10.2. The maximum absolute atomic E-state index is 6.11. The molecule has 1 unspecified atom stereocenters. The minimum Gasteiger partial charge on any atom is -0.490 e. The Kier molecular flexibility index (Phi) is 10.4. The minimum atomic E-state index is 0. The van der Waals surface area contributed by atoms with Crippen molar-refractivity contribution in [3.8, 4) is 5.75 Å². The van der Waals surface area contributed by atoms with Crippen LogP contribution in [0.1, 0.15) is 39.0 Å². The monoisotopic (exact) mass is 500 g/mol. The summed E-state index contributed by atoms with van der Waals surface area (Å²) < 4.78 is 6.11. The Hall–Kier alpha value is -1.02. The summed E-state index contributed by atoms with van der Waals surface area (Å²) in [6.45, 7) is 9.06. The van der Waals surface area contributed by atoms with Crippen LogP contribution in [0.2, 0.25) is 0 Å². The van der Waals surface area contributed by atoms with Crippen LogP contribution in [0.15, 0.2) is 35.3 Å². The molecule has 1 N–H and O–H groups in total. The molecule has 0 saturated carbocycles. The minimum absolute atomic E-state index is 0. The lowest BCUT2D eigenvalue weighted by Crippen LogP contribution is -2.49. The molecule has 2 saturated heterocycles. The van der Waals surface area contributed by atoms with Crippen molar-refractivity contribution >= 4 is 29.9 Å². The van der Waals surface area contributed by atoms with E-state index in [0.29, 0.717) is 12.0 Å². The number of ether oxygens (including phenoxy) is 1. The van der Waals surface area contributed by atoms with E-state index in [1.807, 2.05) is 37.4 Å². The van der Waals surface area contributed by atoms with Crippen LogP contribution < -0.4 is 10.1 Å². The first-order valence-corrected chi connectivity index (χ1v) is 10.6. The van der Waals surface area contributed by atoms with Crippen LogP contribution >= 0.6 is 24.0 Å². The molecule has 0 radical (unpaired) electrons. The molecule has 28 heavy (non-hydrogen) atoms. The van der Waals surface area contributed by atoms with Crippen LogP contribution in [0.25, 0.3) is 0 Å². The van der Waals surface area contributed by atoms with E-state index in [2.05, 4.69) is 27.0 Å². The van der Waals surface area contributed by atoms with E-state index in [1.54, 1.807) is 0 Å². The Balaban J connectivity index is 0.00000280. The van der Waals surface area contributed by atoms with E-state index >= 15 is 0 Å². The van der Waals surface area contributed by atoms with Gasteiger partial charge in [-0.1, -0.05) is 31.5 Å². The van der Waals surface area contributed by atoms with Crippen molar-refractivity contribution in [2.45, 2.75) is 45.1 Å². The molecule has 6 heteroatoms. The van der Waals surface area contributed by atoms with Crippen molar-refractivity contribution < 1.29 is 4.74 Å². The summed E-state index contributed by atoms with van der Waals surface area (Å²) in [5, 5.41) is 3.60. The Morgan fingerprint density at radius 3 is 2.43 bits per heavy atom. The fourth-order valence-electron chi connectivity index (χ4n) is 4.12. The molecule has 3 rings (SSSR count). The zero-order valence-corrected chi connectivity index (χ0v) is 19.8. The molecular formula is C22H37IN4O. The third kappa shape index (κ3) is 7.43. The van der Waals surface area contributed by atoms with Crippen molar-refractivity contribution in [2.24, 2.45) is 10.9 Å². The molecule has 0 aliphatic carbocycles. The number of hydrogen-bond donors (Lipinski definition) is 1. The molecule has 0 bridgehead atoms. The molecule has 158 valence electrons. The number of guanidine groups is 1. The molecule has 0 amide bonds. The molecule has 5 nitrogen and oxygen atoms in total. The van der Waals surface area contributed by atoms with Crippen molar-refractivity contribution in [3.63, 3.8) is 0 Å². The van der Waals surface area contributed by atoms with E-state index < -0.39 is 0 Å². The summed E-state index contributed by atoms with van der Waals surface area (Å²) >= 11 is 0. The number of rotatable bonds is 6. The van der Waals surface area contributed by atoms with E-state index in [0.717, 1.165) is 44.2 Å². The van der Waals surface area contributed by atoms with Gasteiger partial charge in [0.2, 0.25) is 0 Å². The topological polar surface area (TPSA) is 40.1 Å². The molecule has 0 aromatic heterocycles. The molecular weight excluding hydrogens is 463 g/mol. The number of aliphatic imine (C=N–C) groups is 1. The standard InChI is InChI=1S/C22H36N4O.HI/c1-19(18-25-13-7-4-8-14-25)17-24-22(23-2)26-15-11-21(12-16-26)27-20-9-5-3-6-10-20;/h3,5-6,9-10,19,21H,4,7-8,11-18H2,1-2H3,(H,23,24);1H. The summed E-state index contributed by atoms with van der Waals surface area (Å²) in [4.78, 5) is 9.51. The van der Waals surface area contributed by atoms with E-state index in [9.17, 15) is 0 Å². The predicted molar refractivity (Wildman–Crippen MR) is 128 cm³/mol. The number of likely N-dealkylation sites (tertiary alicyclic amines) is 2. The van der Waals surface area contributed by atoms with Gasteiger partial charge in [0.1, 0.15) is 11.9 Å². The third-order valence-electron chi connectivity index (χ3n) is 5.63. The number of benzene rings is 1. The maximum atomic E-state index is 6.11. The zero-order valence-electron chi connectivity index (χ0n) is 17.5. The Morgan fingerprint density at radius 1 is 1.11 bits per heavy atom. The van der Waals surface area contributed by atoms with Crippen LogP contribution in [0.3, 0.4) is 0 Å². The summed E-state index contributed by atoms with van der Waals surface area (Å²) in [7, 11) is 1.89. The highest BCUT2D eigenvalue weighted by Crippen LogP contribution is 2.18. The Labute approximate surface area is 187 Å². The van der Waals surface area contributed by atoms with E-state index in [4.69, 9.17) is 4.74 Å². The highest BCUT2D eigenvalue weighted by molar-refractivity contribution is 14.0. The average molecular weight is 500 g/mol. The van der Waals surface area contributed by atoms with Crippen LogP contribution in [0.5, 0.6) is 5.75 Å². The molecule has 2 fully saturated rings. The van der Waals surface area contributed by atoms with E-state index in [-0.39, 0.29) is 24.0 Å². The number of nitrogens with zero attached hydrogens (tertiary/aromatic N) is 3. The van der Waals surface area contributed by atoms with Gasteiger partial charge in [0.05, 0.1) is 0 Å². The van der Waals surface area contributed by atoms with Gasteiger partial charge in [0.15, 0.2) is 5.96 Å². The SMILES string of the molecule is CN=C(NCC(C)CN1CCCCC1)N1CCC(Oc2ccccc2)CC1.I. The predicted octanol–water partition coefficient (Wildman–Crippen LogP) is 3.85. The highest BCUT2D eigenvalue weighted by atomic mass is 127. The smallest absolute Gasteiger partial charge is 0.193 e. The lowest BCUT2D eigenvalue weighted by Gasteiger charge is -2.35. The van der Waals surface area contributed by atoms with Gasteiger partial charge in [-0.3, -0.25) is 4.99 Å². The zero-order chi connectivity index (χ0) is 18.9. The molecule has 1 aromatic carbocycles. The molecule has 2 heterocycles. The van der Waals surface area contributed by atoms with Crippen molar-refractivity contribution in [1.82, 2.24) is 15.1 Å². The summed E-state index contributed by atoms with van der Waals surface area (Å²) in [5.74, 6) is 2.66. The Morgan fingerprint density at radius 2 is 1.79 bits per heavy atom. The lowest BCUT2D eigenvalue weighted by molar-refractivity contribution is 0.129. The first-order chi connectivity index (χ1) is 13.2. The van der Waals surface area contributed by atoms with Gasteiger partial charge in [0, 0.05) is 46.1 Å². The third-order valence-corrected chi connectivity index (χ3v) is 5.63. The van der Waals surface area contributed by atoms with Gasteiger partial charge in [-0.25, -0.2) is 0 Å². The highest BCUT2D eigenvalue weighted by Gasteiger charge is 2.23. The molecule has 2 aliphatic heterocycles. The quantitative estimate of drug-likeness (QED) is 0.366. The van der Waals surface area contributed by atoms with Crippen molar-refractivity contribution in [3.05, 3.63) is 30.3 Å². The second kappa shape index (κ2) is 12.5. The number of halogens is 1. The van der Waals surface area contributed by atoms with Crippen molar-refractivity contribution in [1.29, 1.82) is 0 Å². The normalized spacial score (nSPS) is 20.4. The van der Waals surface area contributed by atoms with Gasteiger partial charge in [-0.15, -0.1) is 24.0 Å². The molecule has 1 atom stereocenters. The number of piperidine rings is 2. The van der Waals surface area contributed by atoms with Crippen LogP contribution in [0.4, 0.5) is 0 Å². The molecule has 0 spiro atoms. The van der Waals surface area contributed by atoms with Gasteiger partial charge in [-0.05, 0) is 44.0 Å². The van der Waals surface area contributed by atoms with Crippen LogP contribution in [-0.4, -0.2) is 68.2 Å². The molecule has 2 aliphatic rings. The Bertz CT molecular complexity index is 569. The number of para-hydroxylation sites is 1. The van der Waals surface area contributed by atoms with Crippen LogP contribution in [-0.2, 0) is 0 Å². The van der Waals surface area contributed by atoms with Crippen molar-refractivity contribution in [2.75, 3.05) is 46.3 Å². The number of hydrogen-bond acceptors (Lipinski definition) is 3.